The number of rotatable bonds is 5. The Kier molecular flexibility index (Phi) is 3.66. The van der Waals surface area contributed by atoms with Crippen molar-refractivity contribution in [1.82, 2.24) is 0 Å². The third kappa shape index (κ3) is 1.68. The maximum Gasteiger partial charge on any atom is 0.343 e. The predicted molar refractivity (Wildman–Crippen MR) is 40.8 cm³/mol. The number of aldehydes is 1. The fraction of sp³-hybridized carbons (Fsp3) is 0.286. The van der Waals surface area contributed by atoms with E-state index in [4.69, 9.17) is 10.2 Å². The molecule has 0 heterocycles. The average Bonchev–Trinajstić information content (AvgIpc) is 2.16. The summed E-state index contributed by atoms with van der Waals surface area (Å²) in [5, 5.41) is 17.1. The molecule has 0 aromatic rings. The molecule has 0 aromatic heterocycles. The molecular weight excluding hydrogens is 212 g/mol. The van der Waals surface area contributed by atoms with Gasteiger partial charge in [0.2, 0.25) is 5.78 Å². The van der Waals surface area contributed by atoms with Gasteiger partial charge in [-0.25, -0.2) is 14.4 Å². The van der Waals surface area contributed by atoms with Crippen LogP contribution in [0.5, 0.6) is 0 Å². The predicted octanol–water partition coefficient (Wildman–Crippen LogP) is -1.92. The molecule has 0 aliphatic heterocycles. The number of ether oxygens (including phenoxy) is 1. The Morgan fingerprint density at radius 1 is 1.13 bits per heavy atom. The standard InChI is InChI=1S/C7H6O8/c1-15-6(14)7(4(10)11,5(12)13)3(9)2-8/h2H,1H3,(H,10,11)(H,12,13). The van der Waals surface area contributed by atoms with Crippen molar-refractivity contribution in [3.8, 4) is 0 Å². The highest BCUT2D eigenvalue weighted by atomic mass is 16.5. The number of esters is 1. The second-order valence-corrected chi connectivity index (χ2v) is 2.33. The zero-order valence-electron chi connectivity index (χ0n) is 7.42. The number of carboxylic acids is 2. The number of Topliss-reactive ketones (excluding diaryl/α,β-unsaturated/α-hetero) is 1. The average molecular weight is 218 g/mol. The first-order valence-corrected chi connectivity index (χ1v) is 3.40. The first-order chi connectivity index (χ1) is 6.85. The molecule has 0 aliphatic carbocycles. The number of hydrogen-bond donors (Lipinski definition) is 2. The molecule has 0 rings (SSSR count). The number of ketones is 1. The summed E-state index contributed by atoms with van der Waals surface area (Å²) in [7, 11) is 0.695. The molecule has 0 spiro atoms. The number of carbonyl (C=O) groups is 5. The molecule has 2 N–H and O–H groups in total. The zero-order valence-corrected chi connectivity index (χ0v) is 7.42. The van der Waals surface area contributed by atoms with Crippen molar-refractivity contribution in [1.29, 1.82) is 0 Å². The topological polar surface area (TPSA) is 135 Å². The molecule has 0 bridgehead atoms. The summed E-state index contributed by atoms with van der Waals surface area (Å²) in [6.07, 6.45) is -0.556. The van der Waals surface area contributed by atoms with Crippen LogP contribution in [0.3, 0.4) is 0 Å². The van der Waals surface area contributed by atoms with Crippen LogP contribution in [0.4, 0.5) is 0 Å². The molecule has 0 amide bonds. The van der Waals surface area contributed by atoms with Crippen molar-refractivity contribution >= 4 is 30.0 Å². The minimum atomic E-state index is -3.52. The van der Waals surface area contributed by atoms with Crippen LogP contribution in [0.2, 0.25) is 0 Å². The van der Waals surface area contributed by atoms with Crippen LogP contribution in [-0.2, 0) is 28.7 Å². The second-order valence-electron chi connectivity index (χ2n) is 2.33. The van der Waals surface area contributed by atoms with Crippen LogP contribution < -0.4 is 0 Å². The Bertz CT molecular complexity index is 327. The minimum Gasteiger partial charge on any atom is -0.480 e. The van der Waals surface area contributed by atoms with E-state index in [-0.39, 0.29) is 0 Å². The lowest BCUT2D eigenvalue weighted by molar-refractivity contribution is -0.179. The molecule has 0 fully saturated rings. The van der Waals surface area contributed by atoms with Crippen LogP contribution in [0.15, 0.2) is 0 Å². The summed E-state index contributed by atoms with van der Waals surface area (Å²) in [5.74, 6) is -8.30. The smallest absolute Gasteiger partial charge is 0.343 e. The Labute approximate surface area is 82.4 Å². The molecule has 0 saturated carbocycles. The van der Waals surface area contributed by atoms with Gasteiger partial charge in [0.25, 0.3) is 0 Å². The highest BCUT2D eigenvalue weighted by Gasteiger charge is 2.61. The second kappa shape index (κ2) is 4.31. The molecule has 8 nitrogen and oxygen atoms in total. The molecule has 0 saturated heterocycles. The first-order valence-electron chi connectivity index (χ1n) is 3.40. The van der Waals surface area contributed by atoms with E-state index in [9.17, 15) is 24.0 Å². The molecule has 0 aromatic carbocycles. The number of aliphatic carboxylic acids is 2. The summed E-state index contributed by atoms with van der Waals surface area (Å²) in [5.41, 5.74) is -3.52. The fourth-order valence-electron chi connectivity index (χ4n) is 0.819. The van der Waals surface area contributed by atoms with Gasteiger partial charge in [-0.05, 0) is 0 Å². The van der Waals surface area contributed by atoms with Gasteiger partial charge < -0.3 is 14.9 Å². The number of methoxy groups -OCH3 is 1. The van der Waals surface area contributed by atoms with Crippen LogP contribution in [0.25, 0.3) is 0 Å². The third-order valence-electron chi connectivity index (χ3n) is 1.61. The first kappa shape index (κ1) is 12.8. The van der Waals surface area contributed by atoms with Crippen molar-refractivity contribution in [2.45, 2.75) is 0 Å². The largest absolute Gasteiger partial charge is 0.480 e. The summed E-state index contributed by atoms with van der Waals surface area (Å²) in [4.78, 5) is 53.1. The summed E-state index contributed by atoms with van der Waals surface area (Å²) in [6.45, 7) is 0. The van der Waals surface area contributed by atoms with Gasteiger partial charge in [-0.15, -0.1) is 0 Å². The lowest BCUT2D eigenvalue weighted by Crippen LogP contribution is -2.53. The zero-order chi connectivity index (χ0) is 12.2. The molecule has 0 radical (unpaired) electrons. The van der Waals surface area contributed by atoms with E-state index < -0.39 is 35.4 Å². The quantitative estimate of drug-likeness (QED) is 0.236. The number of carboxylic acid groups (broad SMARTS) is 2. The fourth-order valence-corrected chi connectivity index (χ4v) is 0.819. The highest BCUT2D eigenvalue weighted by Crippen LogP contribution is 2.21. The Morgan fingerprint density at radius 3 is 1.73 bits per heavy atom. The summed E-state index contributed by atoms with van der Waals surface area (Å²) < 4.78 is 3.88. The maximum absolute atomic E-state index is 11.0. The van der Waals surface area contributed by atoms with E-state index >= 15 is 0 Å². The SMILES string of the molecule is COC(=O)C(C(=O)O)(C(=O)O)C(=O)C=O. The van der Waals surface area contributed by atoms with E-state index in [1.807, 2.05) is 0 Å². The van der Waals surface area contributed by atoms with Crippen molar-refractivity contribution < 1.29 is 38.9 Å². The van der Waals surface area contributed by atoms with E-state index in [2.05, 4.69) is 4.74 Å². The Hall–Kier alpha value is -2.25. The van der Waals surface area contributed by atoms with Crippen LogP contribution >= 0.6 is 0 Å². The van der Waals surface area contributed by atoms with Gasteiger partial charge in [0.1, 0.15) is 0 Å². The van der Waals surface area contributed by atoms with Gasteiger partial charge in [-0.1, -0.05) is 0 Å². The molecule has 0 aliphatic rings. The Balaban J connectivity index is 5.80. The molecule has 15 heavy (non-hydrogen) atoms. The van der Waals surface area contributed by atoms with Crippen LogP contribution in [0.1, 0.15) is 0 Å². The van der Waals surface area contributed by atoms with Crippen molar-refractivity contribution in [2.24, 2.45) is 5.41 Å². The van der Waals surface area contributed by atoms with E-state index in [1.165, 1.54) is 0 Å². The van der Waals surface area contributed by atoms with Crippen molar-refractivity contribution in [3.63, 3.8) is 0 Å². The molecule has 0 unspecified atom stereocenters. The highest BCUT2D eigenvalue weighted by molar-refractivity contribution is 6.47. The lowest BCUT2D eigenvalue weighted by atomic mass is 9.84. The van der Waals surface area contributed by atoms with Crippen molar-refractivity contribution in [3.05, 3.63) is 0 Å². The van der Waals surface area contributed by atoms with Gasteiger partial charge in [-0.2, -0.15) is 0 Å². The molecule has 0 atom stereocenters. The molecular formula is C7H6O8. The normalized spacial score (nSPS) is 10.2. The van der Waals surface area contributed by atoms with E-state index in [1.54, 1.807) is 0 Å². The molecule has 8 heteroatoms. The summed E-state index contributed by atoms with van der Waals surface area (Å²) >= 11 is 0. The molecule has 82 valence electrons. The van der Waals surface area contributed by atoms with Gasteiger partial charge in [0.15, 0.2) is 6.29 Å². The van der Waals surface area contributed by atoms with Gasteiger partial charge in [-0.3, -0.25) is 9.59 Å². The third-order valence-corrected chi connectivity index (χ3v) is 1.61. The van der Waals surface area contributed by atoms with Crippen LogP contribution in [0, 0.1) is 5.41 Å². The van der Waals surface area contributed by atoms with Gasteiger partial charge >= 0.3 is 23.3 Å². The monoisotopic (exact) mass is 218 g/mol. The van der Waals surface area contributed by atoms with E-state index in [0.717, 1.165) is 0 Å². The van der Waals surface area contributed by atoms with Crippen LogP contribution in [-0.4, -0.2) is 47.3 Å². The van der Waals surface area contributed by atoms with Crippen molar-refractivity contribution in [2.75, 3.05) is 7.11 Å². The number of carbonyl (C=O) groups excluding carboxylic acids is 3. The van der Waals surface area contributed by atoms with Gasteiger partial charge in [0, 0.05) is 0 Å². The lowest BCUT2D eigenvalue weighted by Gasteiger charge is -2.17. The van der Waals surface area contributed by atoms with E-state index in [0.29, 0.717) is 7.11 Å². The minimum absolute atomic E-state index is 0.556. The van der Waals surface area contributed by atoms with Gasteiger partial charge in [0.05, 0.1) is 7.11 Å². The summed E-state index contributed by atoms with van der Waals surface area (Å²) in [6, 6.07) is 0. The Morgan fingerprint density at radius 2 is 1.53 bits per heavy atom. The number of hydrogen-bond acceptors (Lipinski definition) is 6. The maximum atomic E-state index is 11.0.